The number of aliphatic hydroxyl groups excluding tert-OH is 1. The van der Waals surface area contributed by atoms with Gasteiger partial charge in [-0.15, -0.1) is 0 Å². The van der Waals surface area contributed by atoms with Gasteiger partial charge in [-0.1, -0.05) is 0 Å². The van der Waals surface area contributed by atoms with E-state index in [4.69, 9.17) is 9.84 Å². The van der Waals surface area contributed by atoms with Crippen molar-refractivity contribution in [1.82, 2.24) is 19.0 Å². The van der Waals surface area contributed by atoms with Crippen molar-refractivity contribution in [3.8, 4) is 0 Å². The minimum Gasteiger partial charge on any atom is -0.394 e. The number of hydrogen-bond donors (Lipinski definition) is 1. The van der Waals surface area contributed by atoms with Crippen LogP contribution in [0, 0.1) is 0 Å². The normalized spacial score (nSPS) is 14.6. The van der Waals surface area contributed by atoms with Crippen LogP contribution in [0.25, 0.3) is 0 Å². The Kier molecular flexibility index (Phi) is 4.78. The molecule has 3 heterocycles. The van der Waals surface area contributed by atoms with Crippen molar-refractivity contribution in [1.29, 1.82) is 0 Å². The number of fused-ring (bicyclic) bond motifs is 1. The minimum atomic E-state index is -0.00581. The van der Waals surface area contributed by atoms with E-state index in [-0.39, 0.29) is 19.1 Å². The monoisotopic (exact) mass is 318 g/mol. The van der Waals surface area contributed by atoms with Gasteiger partial charge in [-0.3, -0.25) is 4.79 Å². The lowest BCUT2D eigenvalue weighted by atomic mass is 10.2. The molecule has 1 N–H and O–H groups in total. The molecule has 124 valence electrons. The predicted octanol–water partition coefficient (Wildman–Crippen LogP) is 0.777. The van der Waals surface area contributed by atoms with Gasteiger partial charge in [0.25, 0.3) is 5.91 Å². The maximum absolute atomic E-state index is 12.7. The van der Waals surface area contributed by atoms with E-state index in [0.29, 0.717) is 18.8 Å². The lowest BCUT2D eigenvalue weighted by Crippen LogP contribution is -2.32. The fraction of sp³-hybridized carbons (Fsp3) is 0.500. The van der Waals surface area contributed by atoms with Gasteiger partial charge in [-0.25, -0.2) is 4.98 Å². The summed E-state index contributed by atoms with van der Waals surface area (Å²) in [6, 6.07) is 3.72. The fourth-order valence-corrected chi connectivity index (χ4v) is 2.89. The summed E-state index contributed by atoms with van der Waals surface area (Å²) >= 11 is 0. The molecule has 0 unspecified atom stereocenters. The average molecular weight is 318 g/mol. The molecule has 1 aliphatic rings. The van der Waals surface area contributed by atoms with Crippen molar-refractivity contribution < 1.29 is 14.6 Å². The van der Waals surface area contributed by atoms with E-state index in [9.17, 15) is 4.79 Å². The highest BCUT2D eigenvalue weighted by Gasteiger charge is 2.24. The summed E-state index contributed by atoms with van der Waals surface area (Å²) in [5, 5.41) is 8.82. The van der Waals surface area contributed by atoms with Gasteiger partial charge < -0.3 is 23.9 Å². The number of imidazole rings is 1. The van der Waals surface area contributed by atoms with E-state index >= 15 is 0 Å². The maximum Gasteiger partial charge on any atom is 0.270 e. The van der Waals surface area contributed by atoms with E-state index in [1.54, 1.807) is 0 Å². The van der Waals surface area contributed by atoms with Crippen molar-refractivity contribution >= 4 is 5.91 Å². The average Bonchev–Trinajstić information content (AvgIpc) is 3.07. The Morgan fingerprint density at radius 2 is 2.30 bits per heavy atom. The first-order valence-electron chi connectivity index (χ1n) is 7.83. The Labute approximate surface area is 135 Å². The Bertz CT molecular complexity index is 677. The summed E-state index contributed by atoms with van der Waals surface area (Å²) in [5.41, 5.74) is 2.55. The second-order valence-corrected chi connectivity index (χ2v) is 5.69. The molecule has 0 saturated carbocycles. The zero-order valence-corrected chi connectivity index (χ0v) is 13.3. The first-order valence-corrected chi connectivity index (χ1v) is 7.83. The molecule has 23 heavy (non-hydrogen) atoms. The summed E-state index contributed by atoms with van der Waals surface area (Å²) in [5.74, 6) is 0.0365. The minimum absolute atomic E-state index is 0.00581. The molecule has 1 aliphatic heterocycles. The number of rotatable bonds is 5. The molecule has 0 spiro atoms. The largest absolute Gasteiger partial charge is 0.394 e. The number of carbonyl (C=O) groups excluding carboxylic acids is 1. The molecule has 0 atom stereocenters. The highest BCUT2D eigenvalue weighted by atomic mass is 16.5. The van der Waals surface area contributed by atoms with Crippen molar-refractivity contribution in [2.24, 2.45) is 7.05 Å². The second-order valence-electron chi connectivity index (χ2n) is 5.69. The number of carbonyl (C=O) groups is 1. The third-order valence-corrected chi connectivity index (χ3v) is 4.12. The van der Waals surface area contributed by atoms with Crippen LogP contribution in [-0.4, -0.2) is 49.8 Å². The zero-order valence-electron chi connectivity index (χ0n) is 13.3. The highest BCUT2D eigenvalue weighted by Crippen LogP contribution is 2.19. The molecule has 1 amide bonds. The lowest BCUT2D eigenvalue weighted by molar-refractivity contribution is 0.0721. The molecule has 3 rings (SSSR count). The van der Waals surface area contributed by atoms with Gasteiger partial charge in [0, 0.05) is 26.3 Å². The molecule has 7 nitrogen and oxygen atoms in total. The fourth-order valence-electron chi connectivity index (χ4n) is 2.89. The number of aromatic nitrogens is 3. The first-order chi connectivity index (χ1) is 11.2. The Hall–Kier alpha value is -2.12. The van der Waals surface area contributed by atoms with E-state index in [0.717, 1.165) is 30.9 Å². The van der Waals surface area contributed by atoms with Gasteiger partial charge >= 0.3 is 0 Å². The van der Waals surface area contributed by atoms with Crippen molar-refractivity contribution in [3.63, 3.8) is 0 Å². The third-order valence-electron chi connectivity index (χ3n) is 4.12. The molecule has 2 aromatic rings. The number of hydrogen-bond acceptors (Lipinski definition) is 4. The van der Waals surface area contributed by atoms with Crippen LogP contribution in [0.5, 0.6) is 0 Å². The molecule has 0 aliphatic carbocycles. The second kappa shape index (κ2) is 6.97. The molecule has 2 aromatic heterocycles. The summed E-state index contributed by atoms with van der Waals surface area (Å²) in [7, 11) is 1.88. The van der Waals surface area contributed by atoms with Crippen LogP contribution in [-0.2, 0) is 31.5 Å². The van der Waals surface area contributed by atoms with Crippen molar-refractivity contribution in [3.05, 3.63) is 41.7 Å². The zero-order chi connectivity index (χ0) is 16.2. The van der Waals surface area contributed by atoms with Crippen LogP contribution in [0.2, 0.25) is 0 Å². The van der Waals surface area contributed by atoms with Crippen molar-refractivity contribution in [2.75, 3.05) is 19.8 Å². The van der Waals surface area contributed by atoms with Gasteiger partial charge in [0.05, 0.1) is 44.1 Å². The van der Waals surface area contributed by atoms with E-state index in [1.807, 2.05) is 41.2 Å². The van der Waals surface area contributed by atoms with E-state index in [2.05, 4.69) is 9.55 Å². The van der Waals surface area contributed by atoms with Gasteiger partial charge in [0.15, 0.2) is 0 Å². The van der Waals surface area contributed by atoms with Crippen LogP contribution >= 0.6 is 0 Å². The van der Waals surface area contributed by atoms with Crippen LogP contribution in [0.4, 0.5) is 0 Å². The summed E-state index contributed by atoms with van der Waals surface area (Å²) in [6.07, 6.45) is 4.59. The smallest absolute Gasteiger partial charge is 0.270 e. The third kappa shape index (κ3) is 3.30. The topological polar surface area (TPSA) is 72.5 Å². The van der Waals surface area contributed by atoms with Gasteiger partial charge in [-0.2, -0.15) is 0 Å². The summed E-state index contributed by atoms with van der Waals surface area (Å²) < 4.78 is 9.32. The number of nitrogens with zero attached hydrogens (tertiary/aromatic N) is 4. The first kappa shape index (κ1) is 15.8. The van der Waals surface area contributed by atoms with E-state index < -0.39 is 0 Å². The molecule has 0 radical (unpaired) electrons. The number of amides is 1. The standard InChI is InChI=1S/C16H22N4O3/c1-18-5-2-4-14(18)16(22)19-6-3-7-20-12-17-13(15(20)10-19)11-23-9-8-21/h2,4-5,12,21H,3,6-11H2,1H3. The number of aliphatic hydroxyl groups is 1. The Morgan fingerprint density at radius 1 is 1.43 bits per heavy atom. The van der Waals surface area contributed by atoms with Crippen LogP contribution in [0.1, 0.15) is 28.3 Å². The van der Waals surface area contributed by atoms with E-state index in [1.165, 1.54) is 0 Å². The van der Waals surface area contributed by atoms with Crippen LogP contribution < -0.4 is 0 Å². The summed E-state index contributed by atoms with van der Waals surface area (Å²) in [4.78, 5) is 19.0. The molecule has 0 saturated heterocycles. The number of aryl methyl sites for hydroxylation is 2. The van der Waals surface area contributed by atoms with Gasteiger partial charge in [-0.05, 0) is 18.6 Å². The maximum atomic E-state index is 12.7. The van der Waals surface area contributed by atoms with Crippen LogP contribution in [0.3, 0.4) is 0 Å². The van der Waals surface area contributed by atoms with Gasteiger partial charge in [0.1, 0.15) is 5.69 Å². The highest BCUT2D eigenvalue weighted by molar-refractivity contribution is 5.92. The predicted molar refractivity (Wildman–Crippen MR) is 83.7 cm³/mol. The molecule has 7 heteroatoms. The lowest BCUT2D eigenvalue weighted by Gasteiger charge is -2.21. The molecule has 0 aromatic carbocycles. The Morgan fingerprint density at radius 3 is 3.04 bits per heavy atom. The van der Waals surface area contributed by atoms with Crippen molar-refractivity contribution in [2.45, 2.75) is 26.1 Å². The molecular weight excluding hydrogens is 296 g/mol. The molecular formula is C16H22N4O3. The van der Waals surface area contributed by atoms with Crippen LogP contribution in [0.15, 0.2) is 24.7 Å². The molecule has 0 fully saturated rings. The SMILES string of the molecule is Cn1cccc1C(=O)N1CCCn2cnc(COCCO)c2C1. The summed E-state index contributed by atoms with van der Waals surface area (Å²) in [6.45, 7) is 2.74. The quantitative estimate of drug-likeness (QED) is 0.827. The molecule has 0 bridgehead atoms. The Balaban J connectivity index is 1.78. The number of ether oxygens (including phenoxy) is 1. The van der Waals surface area contributed by atoms with Gasteiger partial charge in [0.2, 0.25) is 0 Å².